The number of morpholine rings is 1. The molecule has 4 rings (SSSR count). The van der Waals surface area contributed by atoms with E-state index in [1.54, 1.807) is 24.3 Å². The normalized spacial score (nSPS) is 24.7. The van der Waals surface area contributed by atoms with Crippen LogP contribution >= 0.6 is 0 Å². The van der Waals surface area contributed by atoms with Gasteiger partial charge in [0.2, 0.25) is 0 Å². The molecule has 0 aliphatic carbocycles. The topological polar surface area (TPSA) is 98.5 Å². The Balaban J connectivity index is 1.18. The van der Waals surface area contributed by atoms with Gasteiger partial charge in [-0.25, -0.2) is 4.79 Å². The van der Waals surface area contributed by atoms with Crippen LogP contribution in [0.3, 0.4) is 0 Å². The third-order valence-corrected chi connectivity index (χ3v) is 6.48. The number of aliphatic hydroxyl groups is 1. The lowest BCUT2D eigenvalue weighted by atomic mass is 10.1. The summed E-state index contributed by atoms with van der Waals surface area (Å²) >= 11 is 0. The zero-order valence-electron chi connectivity index (χ0n) is 18.4. The molecule has 3 saturated heterocycles. The number of fused-ring (bicyclic) bond motifs is 2. The van der Waals surface area contributed by atoms with Crippen molar-refractivity contribution < 1.29 is 24.1 Å². The molecule has 9 nitrogen and oxygen atoms in total. The highest BCUT2D eigenvalue weighted by Gasteiger charge is 2.42. The minimum Gasteiger partial charge on any atom is -0.491 e. The van der Waals surface area contributed by atoms with E-state index in [1.807, 2.05) is 4.90 Å². The summed E-state index contributed by atoms with van der Waals surface area (Å²) in [5.74, 6) is 0.635. The van der Waals surface area contributed by atoms with Crippen LogP contribution in [0.5, 0.6) is 5.75 Å². The maximum absolute atomic E-state index is 12.5. The number of ether oxygens (including phenoxy) is 3. The summed E-state index contributed by atoms with van der Waals surface area (Å²) in [5, 5.41) is 19.4. The Kier molecular flexibility index (Phi) is 7.81. The first kappa shape index (κ1) is 22.8. The molecule has 0 aromatic heterocycles. The van der Waals surface area contributed by atoms with Crippen molar-refractivity contribution in [2.75, 3.05) is 65.7 Å². The Morgan fingerprint density at radius 2 is 1.88 bits per heavy atom. The monoisotopic (exact) mass is 444 g/mol. The lowest BCUT2D eigenvalue weighted by Crippen LogP contribution is -2.57. The molecule has 3 fully saturated rings. The number of piperazine rings is 1. The first-order valence-electron chi connectivity index (χ1n) is 11.4. The molecule has 3 aliphatic rings. The first-order chi connectivity index (χ1) is 15.6. The zero-order valence-corrected chi connectivity index (χ0v) is 18.4. The van der Waals surface area contributed by atoms with Gasteiger partial charge in [0.1, 0.15) is 25.1 Å². The van der Waals surface area contributed by atoms with Gasteiger partial charge in [0, 0.05) is 51.4 Å². The van der Waals surface area contributed by atoms with Crippen LogP contribution in [-0.2, 0) is 9.47 Å². The quantitative estimate of drug-likeness (QED) is 0.632. The highest BCUT2D eigenvalue weighted by Crippen LogP contribution is 2.30. The van der Waals surface area contributed by atoms with Gasteiger partial charge < -0.3 is 24.2 Å². The molecule has 1 amide bonds. The molecule has 3 aliphatic heterocycles. The molecular formula is C23H32N4O5. The molecule has 1 N–H and O–H groups in total. The standard InChI is InChI=1S/C23H32N4O5/c24-13-18-1-5-22(6-2-18)32-17-21(28)16-27-19-3-4-20(27)15-26(14-19)23(29)31-12-9-25-7-10-30-11-8-25/h1-2,5-6,19-21,28H,3-4,7-12,14-17H2. The van der Waals surface area contributed by atoms with Crippen LogP contribution in [-0.4, -0.2) is 110 Å². The lowest BCUT2D eigenvalue weighted by Gasteiger charge is -2.41. The van der Waals surface area contributed by atoms with Crippen LogP contribution in [0.15, 0.2) is 24.3 Å². The van der Waals surface area contributed by atoms with Crippen molar-refractivity contribution in [2.45, 2.75) is 31.0 Å². The second-order valence-corrected chi connectivity index (χ2v) is 8.66. The van der Waals surface area contributed by atoms with Crippen molar-refractivity contribution in [3.05, 3.63) is 29.8 Å². The number of hydrogen-bond donors (Lipinski definition) is 1. The van der Waals surface area contributed by atoms with E-state index in [2.05, 4.69) is 15.9 Å². The fraction of sp³-hybridized carbons (Fsp3) is 0.652. The van der Waals surface area contributed by atoms with Gasteiger partial charge in [-0.15, -0.1) is 0 Å². The van der Waals surface area contributed by atoms with E-state index in [9.17, 15) is 9.90 Å². The average molecular weight is 445 g/mol. The smallest absolute Gasteiger partial charge is 0.409 e. The maximum Gasteiger partial charge on any atom is 0.409 e. The van der Waals surface area contributed by atoms with Crippen LogP contribution in [0.4, 0.5) is 4.79 Å². The molecule has 9 heteroatoms. The number of amides is 1. The third-order valence-electron chi connectivity index (χ3n) is 6.48. The summed E-state index contributed by atoms with van der Waals surface area (Å²) in [6.45, 7) is 6.38. The summed E-state index contributed by atoms with van der Waals surface area (Å²) in [5.41, 5.74) is 0.576. The van der Waals surface area contributed by atoms with Gasteiger partial charge >= 0.3 is 6.09 Å². The third kappa shape index (κ3) is 5.90. The molecule has 3 heterocycles. The molecule has 3 unspecified atom stereocenters. The van der Waals surface area contributed by atoms with Gasteiger partial charge in [-0.1, -0.05) is 0 Å². The summed E-state index contributed by atoms with van der Waals surface area (Å²) in [6, 6.07) is 9.41. The molecule has 0 spiro atoms. The molecule has 0 saturated carbocycles. The van der Waals surface area contributed by atoms with E-state index in [4.69, 9.17) is 19.5 Å². The van der Waals surface area contributed by atoms with Crippen LogP contribution in [0.25, 0.3) is 0 Å². The van der Waals surface area contributed by atoms with Crippen molar-refractivity contribution in [1.29, 1.82) is 5.26 Å². The Morgan fingerprint density at radius 1 is 1.19 bits per heavy atom. The van der Waals surface area contributed by atoms with E-state index in [-0.39, 0.29) is 24.8 Å². The molecule has 2 bridgehead atoms. The molecule has 32 heavy (non-hydrogen) atoms. The predicted molar refractivity (Wildman–Crippen MR) is 116 cm³/mol. The molecule has 3 atom stereocenters. The predicted octanol–water partition coefficient (Wildman–Crippen LogP) is 0.915. The Morgan fingerprint density at radius 3 is 2.53 bits per heavy atom. The molecule has 1 aromatic carbocycles. The van der Waals surface area contributed by atoms with Crippen molar-refractivity contribution in [3.8, 4) is 11.8 Å². The molecule has 1 aromatic rings. The number of rotatable bonds is 8. The highest BCUT2D eigenvalue weighted by molar-refractivity contribution is 5.68. The van der Waals surface area contributed by atoms with Crippen LogP contribution < -0.4 is 4.74 Å². The minimum atomic E-state index is -0.624. The SMILES string of the molecule is N#Cc1ccc(OCC(O)CN2C3CCC2CN(C(=O)OCCN2CCOCC2)C3)cc1. The fourth-order valence-electron chi connectivity index (χ4n) is 4.73. The van der Waals surface area contributed by atoms with Gasteiger partial charge in [-0.3, -0.25) is 9.80 Å². The average Bonchev–Trinajstić information content (AvgIpc) is 3.04. The lowest BCUT2D eigenvalue weighted by molar-refractivity contribution is 0.00268. The Bertz CT molecular complexity index is 779. The van der Waals surface area contributed by atoms with E-state index < -0.39 is 6.10 Å². The number of benzene rings is 1. The molecule has 0 radical (unpaired) electrons. The summed E-state index contributed by atoms with van der Waals surface area (Å²) in [4.78, 5) is 18.9. The summed E-state index contributed by atoms with van der Waals surface area (Å²) in [6.07, 6.45) is 1.18. The second kappa shape index (κ2) is 11.0. The highest BCUT2D eigenvalue weighted by atomic mass is 16.6. The number of likely N-dealkylation sites (tertiary alicyclic amines) is 1. The number of aliphatic hydroxyl groups excluding tert-OH is 1. The maximum atomic E-state index is 12.5. The Hall–Kier alpha value is -2.38. The molecular weight excluding hydrogens is 412 g/mol. The van der Waals surface area contributed by atoms with E-state index in [0.717, 1.165) is 45.7 Å². The number of nitriles is 1. The van der Waals surface area contributed by atoms with Crippen molar-refractivity contribution in [2.24, 2.45) is 0 Å². The number of hydrogen-bond acceptors (Lipinski definition) is 8. The van der Waals surface area contributed by atoms with Crippen molar-refractivity contribution >= 4 is 6.09 Å². The van der Waals surface area contributed by atoms with Gasteiger partial charge in [0.15, 0.2) is 0 Å². The number of carbonyl (C=O) groups is 1. The van der Waals surface area contributed by atoms with E-state index in [0.29, 0.717) is 37.6 Å². The van der Waals surface area contributed by atoms with E-state index >= 15 is 0 Å². The second-order valence-electron chi connectivity index (χ2n) is 8.66. The van der Waals surface area contributed by atoms with Crippen LogP contribution in [0.1, 0.15) is 18.4 Å². The van der Waals surface area contributed by atoms with Crippen LogP contribution in [0.2, 0.25) is 0 Å². The minimum absolute atomic E-state index is 0.190. The van der Waals surface area contributed by atoms with E-state index in [1.165, 1.54) is 0 Å². The van der Waals surface area contributed by atoms with Crippen LogP contribution in [0, 0.1) is 11.3 Å². The first-order valence-corrected chi connectivity index (χ1v) is 11.4. The van der Waals surface area contributed by atoms with Gasteiger partial charge in [0.05, 0.1) is 24.8 Å². The van der Waals surface area contributed by atoms with Gasteiger partial charge in [-0.2, -0.15) is 5.26 Å². The summed E-state index contributed by atoms with van der Waals surface area (Å²) in [7, 11) is 0. The van der Waals surface area contributed by atoms with Crippen molar-refractivity contribution in [3.63, 3.8) is 0 Å². The Labute approximate surface area is 189 Å². The molecule has 174 valence electrons. The van der Waals surface area contributed by atoms with Gasteiger partial charge in [-0.05, 0) is 37.1 Å². The fourth-order valence-corrected chi connectivity index (χ4v) is 4.73. The number of carbonyl (C=O) groups excluding carboxylic acids is 1. The zero-order chi connectivity index (χ0) is 22.3. The largest absolute Gasteiger partial charge is 0.491 e. The van der Waals surface area contributed by atoms with Gasteiger partial charge in [0.25, 0.3) is 0 Å². The number of nitrogens with zero attached hydrogens (tertiary/aromatic N) is 4. The van der Waals surface area contributed by atoms with Crippen molar-refractivity contribution in [1.82, 2.24) is 14.7 Å². The summed E-state index contributed by atoms with van der Waals surface area (Å²) < 4.78 is 16.5.